The molecule has 3 N–H and O–H groups in total. The minimum Gasteiger partial charge on any atom is -0.369 e. The fourth-order valence-electron chi connectivity index (χ4n) is 4.24. The molecule has 0 amide bonds. The number of fused-ring (bicyclic) bond motifs is 1. The van der Waals surface area contributed by atoms with E-state index in [1.807, 2.05) is 13.1 Å². The maximum atomic E-state index is 13.3. The van der Waals surface area contributed by atoms with Crippen LogP contribution in [-0.2, 0) is 13.1 Å². The molecule has 0 unspecified atom stereocenters. The standard InChI is InChI=1S/C24H32N6O/c1-3-4-11-26-22-20-21(27-24(25)28-22)17(2)14-30(23(20)31)16-19-9-7-18(8-10-19)15-29-12-5-6-13-29/h7-10,14H,3-6,11-13,15-16H2,1-2H3,(H3,25,26,27,28). The zero-order valence-corrected chi connectivity index (χ0v) is 18.5. The maximum Gasteiger partial charge on any atom is 0.264 e. The van der Waals surface area contributed by atoms with Crippen molar-refractivity contribution in [2.24, 2.45) is 0 Å². The summed E-state index contributed by atoms with van der Waals surface area (Å²) in [6, 6.07) is 8.59. The Balaban J connectivity index is 1.61. The van der Waals surface area contributed by atoms with Gasteiger partial charge in [0.1, 0.15) is 11.2 Å². The number of hydrogen-bond acceptors (Lipinski definition) is 6. The van der Waals surface area contributed by atoms with Crippen LogP contribution >= 0.6 is 0 Å². The van der Waals surface area contributed by atoms with Crippen LogP contribution in [0.15, 0.2) is 35.3 Å². The van der Waals surface area contributed by atoms with Crippen molar-refractivity contribution >= 4 is 22.7 Å². The lowest BCUT2D eigenvalue weighted by atomic mass is 10.1. The Kier molecular flexibility index (Phi) is 6.51. The number of nitrogen functional groups attached to an aromatic ring is 1. The third kappa shape index (κ3) is 4.88. The molecule has 1 aromatic carbocycles. The van der Waals surface area contributed by atoms with Gasteiger partial charge in [0.2, 0.25) is 5.95 Å². The van der Waals surface area contributed by atoms with Crippen molar-refractivity contribution in [1.82, 2.24) is 19.4 Å². The number of pyridine rings is 1. The van der Waals surface area contributed by atoms with Gasteiger partial charge in [-0.3, -0.25) is 9.69 Å². The summed E-state index contributed by atoms with van der Waals surface area (Å²) < 4.78 is 1.75. The molecule has 0 spiro atoms. The molecule has 7 heteroatoms. The van der Waals surface area contributed by atoms with Crippen LogP contribution in [0.3, 0.4) is 0 Å². The van der Waals surface area contributed by atoms with Crippen molar-refractivity contribution in [2.75, 3.05) is 30.7 Å². The van der Waals surface area contributed by atoms with E-state index in [4.69, 9.17) is 5.73 Å². The van der Waals surface area contributed by atoms with Crippen LogP contribution in [0.4, 0.5) is 11.8 Å². The number of anilines is 2. The van der Waals surface area contributed by atoms with Gasteiger partial charge < -0.3 is 15.6 Å². The highest BCUT2D eigenvalue weighted by atomic mass is 16.1. The second-order valence-electron chi connectivity index (χ2n) is 8.48. The third-order valence-corrected chi connectivity index (χ3v) is 5.93. The van der Waals surface area contributed by atoms with Crippen LogP contribution < -0.4 is 16.6 Å². The first-order chi connectivity index (χ1) is 15.0. The normalized spacial score (nSPS) is 14.4. The Morgan fingerprint density at radius 3 is 2.42 bits per heavy atom. The van der Waals surface area contributed by atoms with Crippen molar-refractivity contribution in [1.29, 1.82) is 0 Å². The number of rotatable bonds is 8. The summed E-state index contributed by atoms with van der Waals surface area (Å²) in [6.45, 7) is 8.72. The summed E-state index contributed by atoms with van der Waals surface area (Å²) in [4.78, 5) is 24.5. The Morgan fingerprint density at radius 2 is 1.74 bits per heavy atom. The molecule has 3 heterocycles. The van der Waals surface area contributed by atoms with Crippen molar-refractivity contribution in [3.8, 4) is 0 Å². The van der Waals surface area contributed by atoms with E-state index in [0.29, 0.717) is 23.3 Å². The summed E-state index contributed by atoms with van der Waals surface area (Å²) in [6.07, 6.45) is 6.52. The summed E-state index contributed by atoms with van der Waals surface area (Å²) in [5.74, 6) is 0.708. The molecule has 0 aliphatic carbocycles. The van der Waals surface area contributed by atoms with Gasteiger partial charge in [-0.2, -0.15) is 4.98 Å². The van der Waals surface area contributed by atoms with E-state index in [2.05, 4.69) is 51.4 Å². The van der Waals surface area contributed by atoms with Crippen molar-refractivity contribution < 1.29 is 0 Å². The quantitative estimate of drug-likeness (QED) is 0.542. The zero-order chi connectivity index (χ0) is 21.8. The summed E-state index contributed by atoms with van der Waals surface area (Å²) in [7, 11) is 0. The van der Waals surface area contributed by atoms with E-state index in [1.54, 1.807) is 4.57 Å². The van der Waals surface area contributed by atoms with Gasteiger partial charge in [0.25, 0.3) is 5.56 Å². The molecular formula is C24H32N6O. The number of benzene rings is 1. The van der Waals surface area contributed by atoms with Gasteiger partial charge in [-0.25, -0.2) is 4.98 Å². The van der Waals surface area contributed by atoms with Crippen molar-refractivity contribution in [2.45, 2.75) is 52.6 Å². The van der Waals surface area contributed by atoms with Gasteiger partial charge in [-0.05, 0) is 56.0 Å². The largest absolute Gasteiger partial charge is 0.369 e. The molecule has 164 valence electrons. The first-order valence-corrected chi connectivity index (χ1v) is 11.3. The van der Waals surface area contributed by atoms with E-state index in [1.165, 1.54) is 31.5 Å². The minimum atomic E-state index is -0.0965. The molecule has 4 rings (SSSR count). The molecule has 7 nitrogen and oxygen atoms in total. The Labute approximate surface area is 183 Å². The number of aromatic nitrogens is 3. The lowest BCUT2D eigenvalue weighted by Crippen LogP contribution is -2.23. The molecular weight excluding hydrogens is 388 g/mol. The molecule has 1 aliphatic heterocycles. The van der Waals surface area contributed by atoms with Gasteiger partial charge in [-0.15, -0.1) is 0 Å². The number of unbranched alkanes of at least 4 members (excludes halogenated alkanes) is 1. The van der Waals surface area contributed by atoms with E-state index in [-0.39, 0.29) is 11.5 Å². The van der Waals surface area contributed by atoms with Gasteiger partial charge in [-0.1, -0.05) is 37.6 Å². The van der Waals surface area contributed by atoms with Gasteiger partial charge in [0.15, 0.2) is 0 Å². The highest BCUT2D eigenvalue weighted by Gasteiger charge is 2.15. The first-order valence-electron chi connectivity index (χ1n) is 11.3. The SMILES string of the molecule is CCCCNc1nc(N)nc2c(C)cn(Cc3ccc(CN4CCCC4)cc3)c(=O)c12. The van der Waals surface area contributed by atoms with Crippen LogP contribution in [0.5, 0.6) is 0 Å². The van der Waals surface area contributed by atoms with E-state index in [9.17, 15) is 4.79 Å². The number of nitrogens with two attached hydrogens (primary N) is 1. The monoisotopic (exact) mass is 420 g/mol. The third-order valence-electron chi connectivity index (χ3n) is 5.93. The van der Waals surface area contributed by atoms with Gasteiger partial charge >= 0.3 is 0 Å². The average Bonchev–Trinajstić information content (AvgIpc) is 3.26. The predicted molar refractivity (Wildman–Crippen MR) is 126 cm³/mol. The predicted octanol–water partition coefficient (Wildman–Crippen LogP) is 3.54. The molecule has 1 saturated heterocycles. The zero-order valence-electron chi connectivity index (χ0n) is 18.5. The van der Waals surface area contributed by atoms with Crippen LogP contribution in [0.2, 0.25) is 0 Å². The molecule has 3 aromatic rings. The molecule has 1 aliphatic rings. The van der Waals surface area contributed by atoms with E-state index in [0.717, 1.165) is 37.1 Å². The topological polar surface area (TPSA) is 89.1 Å². The molecule has 1 fully saturated rings. The number of hydrogen-bond donors (Lipinski definition) is 2. The molecule has 0 atom stereocenters. The van der Waals surface area contributed by atoms with Crippen LogP contribution in [0.1, 0.15) is 49.3 Å². The highest BCUT2D eigenvalue weighted by Crippen LogP contribution is 2.21. The molecule has 0 saturated carbocycles. The number of nitrogens with zero attached hydrogens (tertiary/aromatic N) is 4. The molecule has 31 heavy (non-hydrogen) atoms. The lowest BCUT2D eigenvalue weighted by Gasteiger charge is -2.15. The summed E-state index contributed by atoms with van der Waals surface area (Å²) >= 11 is 0. The second-order valence-corrected chi connectivity index (χ2v) is 8.48. The van der Waals surface area contributed by atoms with E-state index >= 15 is 0 Å². The number of likely N-dealkylation sites (tertiary alicyclic amines) is 1. The van der Waals surface area contributed by atoms with Gasteiger partial charge in [0.05, 0.1) is 12.1 Å². The maximum absolute atomic E-state index is 13.3. The second kappa shape index (κ2) is 9.47. The first kappa shape index (κ1) is 21.3. The Bertz CT molecular complexity index is 1100. The fourth-order valence-corrected chi connectivity index (χ4v) is 4.24. The van der Waals surface area contributed by atoms with Crippen LogP contribution in [-0.4, -0.2) is 39.1 Å². The number of aryl methyl sites for hydroxylation is 1. The highest BCUT2D eigenvalue weighted by molar-refractivity contribution is 5.91. The summed E-state index contributed by atoms with van der Waals surface area (Å²) in [5, 5.41) is 3.79. The van der Waals surface area contributed by atoms with Crippen molar-refractivity contribution in [3.05, 3.63) is 57.5 Å². The molecule has 0 bridgehead atoms. The lowest BCUT2D eigenvalue weighted by molar-refractivity contribution is 0.331. The smallest absolute Gasteiger partial charge is 0.264 e. The van der Waals surface area contributed by atoms with E-state index < -0.39 is 0 Å². The average molecular weight is 421 g/mol. The molecule has 0 radical (unpaired) electrons. The van der Waals surface area contributed by atoms with Gasteiger partial charge in [0, 0.05) is 19.3 Å². The van der Waals surface area contributed by atoms with Crippen LogP contribution in [0.25, 0.3) is 10.9 Å². The van der Waals surface area contributed by atoms with Crippen LogP contribution in [0, 0.1) is 6.92 Å². The fraction of sp³-hybridized carbons (Fsp3) is 0.458. The summed E-state index contributed by atoms with van der Waals surface area (Å²) in [5.41, 5.74) is 9.76. The minimum absolute atomic E-state index is 0.0965. The number of nitrogens with one attached hydrogen (secondary N) is 1. The Hall–Kier alpha value is -2.93. The molecule has 2 aromatic heterocycles. The Morgan fingerprint density at radius 1 is 1.06 bits per heavy atom. The van der Waals surface area contributed by atoms with Crippen molar-refractivity contribution in [3.63, 3.8) is 0 Å².